The van der Waals surface area contributed by atoms with Crippen LogP contribution in [0.3, 0.4) is 0 Å². The fourth-order valence-corrected chi connectivity index (χ4v) is 2.01. The second kappa shape index (κ2) is 9.57. The molecular formula is C14H27IN4S. The molecule has 116 valence electrons. The highest BCUT2D eigenvalue weighted by atomic mass is 127. The van der Waals surface area contributed by atoms with Gasteiger partial charge in [0.05, 0.1) is 6.54 Å². The Morgan fingerprint density at radius 3 is 2.55 bits per heavy atom. The second-order valence-corrected chi connectivity index (χ2v) is 6.17. The maximum atomic E-state index is 4.60. The van der Waals surface area contributed by atoms with Crippen molar-refractivity contribution in [2.45, 2.75) is 32.9 Å². The number of thiophene rings is 1. The van der Waals surface area contributed by atoms with Gasteiger partial charge in [-0.1, -0.05) is 0 Å². The van der Waals surface area contributed by atoms with Gasteiger partial charge in [0.15, 0.2) is 5.96 Å². The van der Waals surface area contributed by atoms with Crippen LogP contribution in [-0.2, 0) is 6.54 Å². The number of nitrogens with one attached hydrogen (secondary N) is 2. The van der Waals surface area contributed by atoms with Crippen molar-refractivity contribution in [3.8, 4) is 0 Å². The lowest BCUT2D eigenvalue weighted by Gasteiger charge is -2.33. The first-order valence-electron chi connectivity index (χ1n) is 6.66. The molecule has 0 atom stereocenters. The van der Waals surface area contributed by atoms with Gasteiger partial charge in [-0.3, -0.25) is 0 Å². The zero-order valence-electron chi connectivity index (χ0n) is 13.1. The molecule has 4 nitrogen and oxygen atoms in total. The van der Waals surface area contributed by atoms with Crippen LogP contribution in [0.1, 0.15) is 26.3 Å². The van der Waals surface area contributed by atoms with E-state index in [4.69, 9.17) is 0 Å². The van der Waals surface area contributed by atoms with E-state index in [1.165, 1.54) is 5.56 Å². The van der Waals surface area contributed by atoms with Gasteiger partial charge in [0.2, 0.25) is 0 Å². The molecule has 2 N–H and O–H groups in total. The molecular weight excluding hydrogens is 383 g/mol. The number of halogens is 1. The maximum Gasteiger partial charge on any atom is 0.191 e. The highest BCUT2D eigenvalue weighted by molar-refractivity contribution is 14.0. The Morgan fingerprint density at radius 1 is 1.35 bits per heavy atom. The van der Waals surface area contributed by atoms with E-state index in [0.717, 1.165) is 25.6 Å². The Bertz CT molecular complexity index is 388. The molecule has 0 saturated heterocycles. The van der Waals surface area contributed by atoms with Crippen LogP contribution in [0.4, 0.5) is 0 Å². The van der Waals surface area contributed by atoms with E-state index < -0.39 is 0 Å². The van der Waals surface area contributed by atoms with Gasteiger partial charge in [-0.25, -0.2) is 4.99 Å². The number of rotatable bonds is 6. The molecule has 0 aliphatic carbocycles. The van der Waals surface area contributed by atoms with E-state index in [1.807, 2.05) is 0 Å². The highest BCUT2D eigenvalue weighted by Crippen LogP contribution is 2.08. The average Bonchev–Trinajstić information content (AvgIpc) is 2.85. The van der Waals surface area contributed by atoms with Crippen LogP contribution in [0.5, 0.6) is 0 Å². The molecule has 0 aliphatic heterocycles. The van der Waals surface area contributed by atoms with Gasteiger partial charge >= 0.3 is 0 Å². The molecule has 0 aromatic carbocycles. The molecule has 0 unspecified atom stereocenters. The standard InChI is InChI=1S/C14H26N4S.HI/c1-6-15-13(16-9-12-7-8-19-10-12)17-11-14(2,3)18(4)5;/h7-8,10H,6,9,11H2,1-5H3,(H2,15,16,17);1H. The third-order valence-corrected chi connectivity index (χ3v) is 3.98. The first kappa shape index (κ1) is 19.7. The Morgan fingerprint density at radius 2 is 2.05 bits per heavy atom. The van der Waals surface area contributed by atoms with E-state index in [-0.39, 0.29) is 29.5 Å². The molecule has 1 rings (SSSR count). The molecule has 0 radical (unpaired) electrons. The summed E-state index contributed by atoms with van der Waals surface area (Å²) in [6.07, 6.45) is 0. The Hall–Kier alpha value is -0.340. The number of hydrogen-bond acceptors (Lipinski definition) is 3. The minimum absolute atomic E-state index is 0. The average molecular weight is 410 g/mol. The minimum Gasteiger partial charge on any atom is -0.357 e. The summed E-state index contributed by atoms with van der Waals surface area (Å²) in [7, 11) is 4.19. The molecule has 0 spiro atoms. The summed E-state index contributed by atoms with van der Waals surface area (Å²) in [5, 5.41) is 10.9. The van der Waals surface area contributed by atoms with Gasteiger partial charge in [-0.15, -0.1) is 24.0 Å². The summed E-state index contributed by atoms with van der Waals surface area (Å²) < 4.78 is 0. The number of aliphatic imine (C=N–C) groups is 1. The Kier molecular flexibility index (Phi) is 9.41. The monoisotopic (exact) mass is 410 g/mol. The molecule has 1 aromatic heterocycles. The minimum atomic E-state index is 0. The fraction of sp³-hybridized carbons (Fsp3) is 0.643. The van der Waals surface area contributed by atoms with Crippen LogP contribution in [0.25, 0.3) is 0 Å². The van der Waals surface area contributed by atoms with Crippen LogP contribution in [-0.4, -0.2) is 43.6 Å². The lowest BCUT2D eigenvalue weighted by Crippen LogP contribution is -2.50. The van der Waals surface area contributed by atoms with Crippen LogP contribution in [0.2, 0.25) is 0 Å². The molecule has 0 fully saturated rings. The number of likely N-dealkylation sites (N-methyl/N-ethyl adjacent to an activating group) is 1. The smallest absolute Gasteiger partial charge is 0.191 e. The molecule has 1 aromatic rings. The Labute approximate surface area is 144 Å². The van der Waals surface area contributed by atoms with Crippen LogP contribution >= 0.6 is 35.3 Å². The van der Waals surface area contributed by atoms with E-state index >= 15 is 0 Å². The van der Waals surface area contributed by atoms with E-state index in [1.54, 1.807) is 11.3 Å². The SMILES string of the molecule is CCNC(=NCc1ccsc1)NCC(C)(C)N(C)C.I. The lowest BCUT2D eigenvalue weighted by molar-refractivity contribution is 0.197. The number of hydrogen-bond donors (Lipinski definition) is 2. The number of guanidine groups is 1. The topological polar surface area (TPSA) is 39.7 Å². The Balaban J connectivity index is 0.00000361. The van der Waals surface area contributed by atoms with E-state index in [2.05, 4.69) is 72.2 Å². The molecule has 0 aliphatic rings. The summed E-state index contributed by atoms with van der Waals surface area (Å²) in [6, 6.07) is 2.11. The van der Waals surface area contributed by atoms with Gasteiger partial charge in [-0.05, 0) is 57.3 Å². The van der Waals surface area contributed by atoms with Gasteiger partial charge in [0, 0.05) is 18.6 Å². The van der Waals surface area contributed by atoms with Gasteiger partial charge in [0.25, 0.3) is 0 Å². The quantitative estimate of drug-likeness (QED) is 0.431. The van der Waals surface area contributed by atoms with Gasteiger partial charge in [0.1, 0.15) is 0 Å². The predicted molar refractivity (Wildman–Crippen MR) is 100 cm³/mol. The fourth-order valence-electron chi connectivity index (χ4n) is 1.35. The molecule has 1 heterocycles. The predicted octanol–water partition coefficient (Wildman–Crippen LogP) is 2.76. The van der Waals surface area contributed by atoms with Crippen molar-refractivity contribution in [1.29, 1.82) is 0 Å². The zero-order chi connectivity index (χ0) is 14.3. The summed E-state index contributed by atoms with van der Waals surface area (Å²) in [5.41, 5.74) is 1.35. The summed E-state index contributed by atoms with van der Waals surface area (Å²) >= 11 is 1.71. The lowest BCUT2D eigenvalue weighted by atomic mass is 10.0. The van der Waals surface area contributed by atoms with Crippen LogP contribution < -0.4 is 10.6 Å². The largest absolute Gasteiger partial charge is 0.357 e. The van der Waals surface area contributed by atoms with Crippen LogP contribution in [0, 0.1) is 0 Å². The second-order valence-electron chi connectivity index (χ2n) is 5.39. The van der Waals surface area contributed by atoms with Gasteiger partial charge in [-0.2, -0.15) is 11.3 Å². The van der Waals surface area contributed by atoms with E-state index in [0.29, 0.717) is 0 Å². The molecule has 0 saturated carbocycles. The highest BCUT2D eigenvalue weighted by Gasteiger charge is 2.20. The summed E-state index contributed by atoms with van der Waals surface area (Å²) in [5.74, 6) is 0.878. The van der Waals surface area contributed by atoms with Crippen molar-refractivity contribution < 1.29 is 0 Å². The summed E-state index contributed by atoms with van der Waals surface area (Å²) in [4.78, 5) is 6.81. The van der Waals surface area contributed by atoms with Crippen molar-refractivity contribution in [2.75, 3.05) is 27.2 Å². The summed E-state index contributed by atoms with van der Waals surface area (Å²) in [6.45, 7) is 8.96. The number of nitrogens with zero attached hydrogens (tertiary/aromatic N) is 2. The normalized spacial score (nSPS) is 12.2. The molecule has 6 heteroatoms. The third-order valence-electron chi connectivity index (χ3n) is 3.24. The first-order chi connectivity index (χ1) is 8.95. The first-order valence-corrected chi connectivity index (χ1v) is 7.60. The van der Waals surface area contributed by atoms with Gasteiger partial charge < -0.3 is 15.5 Å². The van der Waals surface area contributed by atoms with Crippen molar-refractivity contribution >= 4 is 41.3 Å². The van der Waals surface area contributed by atoms with E-state index in [9.17, 15) is 0 Å². The van der Waals surface area contributed by atoms with Crippen molar-refractivity contribution in [2.24, 2.45) is 4.99 Å². The third kappa shape index (κ3) is 6.90. The van der Waals surface area contributed by atoms with Crippen molar-refractivity contribution in [3.05, 3.63) is 22.4 Å². The molecule has 0 bridgehead atoms. The van der Waals surface area contributed by atoms with Crippen molar-refractivity contribution in [3.63, 3.8) is 0 Å². The van der Waals surface area contributed by atoms with Crippen molar-refractivity contribution in [1.82, 2.24) is 15.5 Å². The zero-order valence-corrected chi connectivity index (χ0v) is 16.2. The molecule has 0 amide bonds. The molecule has 20 heavy (non-hydrogen) atoms. The maximum absolute atomic E-state index is 4.60. The van der Waals surface area contributed by atoms with Crippen LogP contribution in [0.15, 0.2) is 21.8 Å².